The topological polar surface area (TPSA) is 0 Å². The van der Waals surface area contributed by atoms with Gasteiger partial charge in [0, 0.05) is 0 Å². The van der Waals surface area contributed by atoms with Gasteiger partial charge in [0.05, 0.1) is 0 Å². The zero-order valence-corrected chi connectivity index (χ0v) is 7.52. The zero-order chi connectivity index (χ0) is 5.66. The molecule has 1 heteroatoms. The summed E-state index contributed by atoms with van der Waals surface area (Å²) in [7, 11) is 0. The largest absolute Gasteiger partial charge is 0.153 e. The van der Waals surface area contributed by atoms with Crippen LogP contribution in [0.25, 0.3) is 0 Å². The fraction of sp³-hybridized carbons (Fsp3) is 0.750. The Balaban J connectivity index is 0.000000640. The molecule has 54 valence electrons. The van der Waals surface area contributed by atoms with Gasteiger partial charge in [0.25, 0.3) is 0 Å². The maximum Gasteiger partial charge on any atom is -0.0351 e. The Hall–Kier alpha value is 0.170. The monoisotopic (exact) mass is 144 g/mol. The Bertz CT molecular complexity index is 66.6. The Morgan fingerprint density at radius 1 is 0.667 bits per heavy atom. The van der Waals surface area contributed by atoms with Crippen molar-refractivity contribution in [3.05, 3.63) is 12.2 Å². The molecule has 1 aliphatic rings. The van der Waals surface area contributed by atoms with E-state index < -0.39 is 0 Å². The van der Waals surface area contributed by atoms with Crippen LogP contribution in [0.15, 0.2) is 12.2 Å². The predicted octanol–water partition coefficient (Wildman–Crippen LogP) is 2.95. The van der Waals surface area contributed by atoms with E-state index in [4.69, 9.17) is 0 Å². The van der Waals surface area contributed by atoms with Gasteiger partial charge in [-0.3, -0.25) is 0 Å². The van der Waals surface area contributed by atoms with Crippen LogP contribution in [0.3, 0.4) is 0 Å². The molecule has 0 bridgehead atoms. The summed E-state index contributed by atoms with van der Waals surface area (Å²) in [5.74, 6) is 0. The summed E-state index contributed by atoms with van der Waals surface area (Å²) in [5, 5.41) is 0. The summed E-state index contributed by atoms with van der Waals surface area (Å²) in [6.07, 6.45) is 13.0. The predicted molar refractivity (Wildman–Crippen MR) is 47.9 cm³/mol. The van der Waals surface area contributed by atoms with Gasteiger partial charge in [-0.25, -0.2) is 0 Å². The molecule has 0 N–H and O–H groups in total. The van der Waals surface area contributed by atoms with Gasteiger partial charge in [0.1, 0.15) is 0 Å². The van der Waals surface area contributed by atoms with Crippen LogP contribution in [0, 0.1) is 0 Å². The van der Waals surface area contributed by atoms with E-state index in [9.17, 15) is 0 Å². The molecule has 0 radical (unpaired) electrons. The highest BCUT2D eigenvalue weighted by atomic mass is 31.0. The SMILES string of the molecule is C1=CCCCCCC1.P. The van der Waals surface area contributed by atoms with E-state index in [0.29, 0.717) is 0 Å². The number of rotatable bonds is 0. The van der Waals surface area contributed by atoms with Gasteiger partial charge in [0.2, 0.25) is 0 Å². The van der Waals surface area contributed by atoms with Crippen molar-refractivity contribution in [3.63, 3.8) is 0 Å². The van der Waals surface area contributed by atoms with Crippen LogP contribution in [0.4, 0.5) is 0 Å². The maximum atomic E-state index is 2.32. The second-order valence-electron chi connectivity index (χ2n) is 2.46. The highest BCUT2D eigenvalue weighted by Gasteiger charge is 1.89. The third kappa shape index (κ3) is 4.66. The van der Waals surface area contributed by atoms with Crippen molar-refractivity contribution in [2.45, 2.75) is 38.5 Å². The summed E-state index contributed by atoms with van der Waals surface area (Å²) in [6.45, 7) is 0. The van der Waals surface area contributed by atoms with Crippen molar-refractivity contribution < 1.29 is 0 Å². The van der Waals surface area contributed by atoms with E-state index in [1.807, 2.05) is 0 Å². The number of hydrogen-bond acceptors (Lipinski definition) is 0. The standard InChI is InChI=1S/C8H14.H3P/c1-2-4-6-8-7-5-3-1;/h1-2H,3-8H2;1H3. The quantitative estimate of drug-likeness (QED) is 0.362. The first-order valence-electron chi connectivity index (χ1n) is 3.65. The van der Waals surface area contributed by atoms with E-state index >= 15 is 0 Å². The number of hydrogen-bond donors (Lipinski definition) is 0. The second-order valence-corrected chi connectivity index (χ2v) is 2.46. The second kappa shape index (κ2) is 6.29. The minimum atomic E-state index is 0. The molecule has 0 saturated heterocycles. The molecule has 0 spiro atoms. The van der Waals surface area contributed by atoms with E-state index in [2.05, 4.69) is 12.2 Å². The Kier molecular flexibility index (Phi) is 6.41. The van der Waals surface area contributed by atoms with Crippen molar-refractivity contribution >= 4 is 9.90 Å². The van der Waals surface area contributed by atoms with Gasteiger partial charge in [-0.2, -0.15) is 9.90 Å². The first-order chi connectivity index (χ1) is 4.00. The molecular weight excluding hydrogens is 127 g/mol. The van der Waals surface area contributed by atoms with E-state index in [1.54, 1.807) is 0 Å². The highest BCUT2D eigenvalue weighted by molar-refractivity contribution is 6.92. The first-order valence-corrected chi connectivity index (χ1v) is 3.65. The molecule has 1 unspecified atom stereocenters. The third-order valence-electron chi connectivity index (χ3n) is 1.66. The van der Waals surface area contributed by atoms with Crippen molar-refractivity contribution in [1.82, 2.24) is 0 Å². The lowest BCUT2D eigenvalue weighted by molar-refractivity contribution is 0.638. The summed E-state index contributed by atoms with van der Waals surface area (Å²) in [4.78, 5) is 0. The molecule has 1 atom stereocenters. The summed E-state index contributed by atoms with van der Waals surface area (Å²) >= 11 is 0. The molecule has 9 heavy (non-hydrogen) atoms. The van der Waals surface area contributed by atoms with Gasteiger partial charge in [-0.05, 0) is 25.7 Å². The van der Waals surface area contributed by atoms with Crippen molar-refractivity contribution in [2.24, 2.45) is 0 Å². The molecule has 0 heterocycles. The van der Waals surface area contributed by atoms with Crippen LogP contribution >= 0.6 is 9.90 Å². The van der Waals surface area contributed by atoms with Crippen molar-refractivity contribution in [1.29, 1.82) is 0 Å². The molecule has 0 aliphatic heterocycles. The van der Waals surface area contributed by atoms with E-state index in [-0.39, 0.29) is 9.90 Å². The Morgan fingerprint density at radius 2 is 1.11 bits per heavy atom. The number of allylic oxidation sites excluding steroid dienone is 2. The molecule has 0 aromatic carbocycles. The molecule has 1 aliphatic carbocycles. The highest BCUT2D eigenvalue weighted by Crippen LogP contribution is 2.09. The zero-order valence-electron chi connectivity index (χ0n) is 6.10. The van der Waals surface area contributed by atoms with Gasteiger partial charge in [-0.1, -0.05) is 25.0 Å². The summed E-state index contributed by atoms with van der Waals surface area (Å²) < 4.78 is 0. The molecule has 0 nitrogen and oxygen atoms in total. The lowest BCUT2D eigenvalue weighted by atomic mass is 10.1. The van der Waals surface area contributed by atoms with Crippen LogP contribution in [-0.4, -0.2) is 0 Å². The lowest BCUT2D eigenvalue weighted by Crippen LogP contribution is -1.80. The maximum absolute atomic E-state index is 2.32. The van der Waals surface area contributed by atoms with Gasteiger partial charge < -0.3 is 0 Å². The fourth-order valence-corrected chi connectivity index (χ4v) is 1.11. The van der Waals surface area contributed by atoms with Gasteiger partial charge >= 0.3 is 0 Å². The Labute approximate surface area is 61.3 Å². The average Bonchev–Trinajstić information content (AvgIpc) is 1.62. The lowest BCUT2D eigenvalue weighted by Gasteiger charge is -2.00. The van der Waals surface area contributed by atoms with Crippen LogP contribution in [-0.2, 0) is 0 Å². The molecule has 0 aromatic rings. The van der Waals surface area contributed by atoms with Crippen molar-refractivity contribution in [3.8, 4) is 0 Å². The van der Waals surface area contributed by atoms with Crippen LogP contribution < -0.4 is 0 Å². The minimum absolute atomic E-state index is 0. The smallest absolute Gasteiger partial charge is 0.0351 e. The molecule has 1 rings (SSSR count). The van der Waals surface area contributed by atoms with E-state index in [1.165, 1.54) is 38.5 Å². The molecular formula is C8H17P. The molecule has 0 aromatic heterocycles. The molecule has 0 saturated carbocycles. The first kappa shape index (κ1) is 9.17. The fourth-order valence-electron chi connectivity index (χ4n) is 1.11. The van der Waals surface area contributed by atoms with Crippen molar-refractivity contribution in [2.75, 3.05) is 0 Å². The van der Waals surface area contributed by atoms with Crippen LogP contribution in [0.5, 0.6) is 0 Å². The van der Waals surface area contributed by atoms with Crippen LogP contribution in [0.2, 0.25) is 0 Å². The summed E-state index contributed by atoms with van der Waals surface area (Å²) in [6, 6.07) is 0. The third-order valence-corrected chi connectivity index (χ3v) is 1.66. The van der Waals surface area contributed by atoms with E-state index in [0.717, 1.165) is 0 Å². The van der Waals surface area contributed by atoms with Gasteiger partial charge in [0.15, 0.2) is 0 Å². The Morgan fingerprint density at radius 3 is 1.56 bits per heavy atom. The minimum Gasteiger partial charge on any atom is -0.153 e. The average molecular weight is 144 g/mol. The molecule has 0 amide bonds. The van der Waals surface area contributed by atoms with Gasteiger partial charge in [-0.15, -0.1) is 0 Å². The van der Waals surface area contributed by atoms with Crippen LogP contribution in [0.1, 0.15) is 38.5 Å². The molecule has 0 fully saturated rings. The summed E-state index contributed by atoms with van der Waals surface area (Å²) in [5.41, 5.74) is 0. The normalized spacial score (nSPS) is 19.6.